The van der Waals surface area contributed by atoms with Crippen LogP contribution in [-0.2, 0) is 22.8 Å². The lowest BCUT2D eigenvalue weighted by atomic mass is 10.4. The van der Waals surface area contributed by atoms with Crippen molar-refractivity contribution in [2.24, 2.45) is 0 Å². The first-order chi connectivity index (χ1) is 8.51. The maximum atomic E-state index is 11.1. The van der Waals surface area contributed by atoms with Crippen molar-refractivity contribution < 1.29 is 22.8 Å². The van der Waals surface area contributed by atoms with Crippen molar-refractivity contribution in [3.05, 3.63) is 12.2 Å². The summed E-state index contributed by atoms with van der Waals surface area (Å²) in [5.41, 5.74) is 0.390. The van der Waals surface area contributed by atoms with E-state index in [1.807, 2.05) is 0 Å². The molecule has 0 fully saturated rings. The predicted molar refractivity (Wildman–Crippen MR) is 70.0 cm³/mol. The Balaban J connectivity index is 3.67. The average Bonchev–Trinajstić information content (AvgIpc) is 2.38. The van der Waals surface area contributed by atoms with Gasteiger partial charge in [0.25, 0.3) is 0 Å². The summed E-state index contributed by atoms with van der Waals surface area (Å²) in [5.74, 6) is -0.392. The van der Waals surface area contributed by atoms with Crippen LogP contribution in [0.3, 0.4) is 0 Å². The first kappa shape index (κ1) is 17.3. The molecule has 0 aliphatic rings. The highest BCUT2D eigenvalue weighted by Crippen LogP contribution is 2.14. The van der Waals surface area contributed by atoms with E-state index in [-0.39, 0.29) is 6.73 Å². The van der Waals surface area contributed by atoms with Crippen LogP contribution >= 0.6 is 0 Å². The normalized spacial score (nSPS) is 11.3. The van der Waals surface area contributed by atoms with Crippen LogP contribution in [0.2, 0.25) is 6.04 Å². The second-order valence-electron chi connectivity index (χ2n) is 3.76. The maximum Gasteiger partial charge on any atom is 0.500 e. The Labute approximate surface area is 110 Å². The van der Waals surface area contributed by atoms with Gasteiger partial charge in [0.15, 0.2) is 0 Å². The zero-order valence-corrected chi connectivity index (χ0v) is 12.6. The standard InChI is InChI=1S/C11H23NO5Si/c1-10(2)11(13)17-9-12-7-6-8-18(14-3,15-4)16-5/h12H,1,6-9H2,2-5H3. The molecular formula is C11H23NO5Si. The molecule has 0 aliphatic carbocycles. The van der Waals surface area contributed by atoms with Gasteiger partial charge in [0, 0.05) is 32.9 Å². The number of carbonyl (C=O) groups is 1. The molecule has 106 valence electrons. The minimum Gasteiger partial charge on any atom is -0.446 e. The van der Waals surface area contributed by atoms with E-state index in [9.17, 15) is 4.79 Å². The first-order valence-electron chi connectivity index (χ1n) is 5.70. The Hall–Kier alpha value is -0.733. The SMILES string of the molecule is C=C(C)C(=O)OCNCCC[Si](OC)(OC)OC. The van der Waals surface area contributed by atoms with Crippen LogP contribution in [0.15, 0.2) is 12.2 Å². The third-order valence-electron chi connectivity index (χ3n) is 2.42. The Morgan fingerprint density at radius 1 is 1.22 bits per heavy atom. The van der Waals surface area contributed by atoms with Gasteiger partial charge in [-0.2, -0.15) is 0 Å². The van der Waals surface area contributed by atoms with Crippen molar-refractivity contribution in [3.8, 4) is 0 Å². The number of nitrogens with one attached hydrogen (secondary N) is 1. The van der Waals surface area contributed by atoms with E-state index in [0.29, 0.717) is 18.2 Å². The molecule has 0 aromatic rings. The summed E-state index contributed by atoms with van der Waals surface area (Å²) in [4.78, 5) is 11.1. The van der Waals surface area contributed by atoms with Gasteiger partial charge in [0.2, 0.25) is 0 Å². The van der Waals surface area contributed by atoms with Crippen molar-refractivity contribution in [2.45, 2.75) is 19.4 Å². The smallest absolute Gasteiger partial charge is 0.446 e. The molecule has 0 heterocycles. The zero-order valence-electron chi connectivity index (χ0n) is 11.6. The average molecular weight is 277 g/mol. The molecule has 1 N–H and O–H groups in total. The Bertz CT molecular complexity index is 260. The van der Waals surface area contributed by atoms with E-state index in [4.69, 9.17) is 18.0 Å². The van der Waals surface area contributed by atoms with Crippen LogP contribution in [0.1, 0.15) is 13.3 Å². The van der Waals surface area contributed by atoms with Crippen molar-refractivity contribution in [3.63, 3.8) is 0 Å². The lowest BCUT2D eigenvalue weighted by Crippen LogP contribution is -2.43. The highest BCUT2D eigenvalue weighted by Gasteiger charge is 2.36. The topological polar surface area (TPSA) is 66.0 Å². The van der Waals surface area contributed by atoms with Gasteiger partial charge < -0.3 is 18.0 Å². The van der Waals surface area contributed by atoms with Crippen LogP contribution in [0.5, 0.6) is 0 Å². The number of hydrogen-bond donors (Lipinski definition) is 1. The van der Waals surface area contributed by atoms with Gasteiger partial charge in [-0.1, -0.05) is 6.58 Å². The molecule has 0 unspecified atom stereocenters. The third kappa shape index (κ3) is 6.27. The van der Waals surface area contributed by atoms with Crippen molar-refractivity contribution in [1.29, 1.82) is 0 Å². The quantitative estimate of drug-likeness (QED) is 0.211. The molecule has 0 aromatic heterocycles. The Morgan fingerprint density at radius 3 is 2.22 bits per heavy atom. The van der Waals surface area contributed by atoms with Gasteiger partial charge in [0.05, 0.1) is 0 Å². The molecular weight excluding hydrogens is 254 g/mol. The number of ether oxygens (including phenoxy) is 1. The summed E-state index contributed by atoms with van der Waals surface area (Å²) in [7, 11) is 2.27. The fourth-order valence-corrected chi connectivity index (χ4v) is 3.02. The summed E-state index contributed by atoms with van der Waals surface area (Å²) >= 11 is 0. The second kappa shape index (κ2) is 9.23. The van der Waals surface area contributed by atoms with Crippen LogP contribution in [-0.4, -0.2) is 49.4 Å². The van der Waals surface area contributed by atoms with Gasteiger partial charge in [-0.15, -0.1) is 0 Å². The number of esters is 1. The summed E-state index contributed by atoms with van der Waals surface area (Å²) in [6.45, 7) is 5.96. The molecule has 6 nitrogen and oxygen atoms in total. The molecule has 0 saturated heterocycles. The van der Waals surface area contributed by atoms with Gasteiger partial charge in [-0.05, 0) is 19.9 Å². The van der Waals surface area contributed by atoms with Crippen molar-refractivity contribution >= 4 is 14.8 Å². The van der Waals surface area contributed by atoms with Crippen LogP contribution < -0.4 is 5.32 Å². The lowest BCUT2D eigenvalue weighted by molar-refractivity contribution is -0.139. The molecule has 0 atom stereocenters. The minimum absolute atomic E-state index is 0.174. The Morgan fingerprint density at radius 2 is 1.78 bits per heavy atom. The number of carbonyl (C=O) groups excluding carboxylic acids is 1. The molecule has 0 saturated carbocycles. The van der Waals surface area contributed by atoms with Gasteiger partial charge in [0.1, 0.15) is 6.73 Å². The van der Waals surface area contributed by atoms with Crippen LogP contribution in [0, 0.1) is 0 Å². The van der Waals surface area contributed by atoms with Gasteiger partial charge in [-0.25, -0.2) is 4.79 Å². The summed E-state index contributed by atoms with van der Waals surface area (Å²) in [5, 5.41) is 2.99. The predicted octanol–water partition coefficient (Wildman–Crippen LogP) is 0.921. The molecule has 0 bridgehead atoms. The number of hydrogen-bond acceptors (Lipinski definition) is 6. The molecule has 0 rings (SSSR count). The fourth-order valence-electron chi connectivity index (χ4n) is 1.30. The third-order valence-corrected chi connectivity index (χ3v) is 5.26. The summed E-state index contributed by atoms with van der Waals surface area (Å²) < 4.78 is 20.7. The van der Waals surface area contributed by atoms with E-state index in [1.165, 1.54) is 0 Å². The van der Waals surface area contributed by atoms with Crippen molar-refractivity contribution in [2.75, 3.05) is 34.6 Å². The van der Waals surface area contributed by atoms with E-state index in [1.54, 1.807) is 28.3 Å². The van der Waals surface area contributed by atoms with E-state index < -0.39 is 14.8 Å². The summed E-state index contributed by atoms with van der Waals surface area (Å²) in [6.07, 6.45) is 0.812. The van der Waals surface area contributed by atoms with E-state index in [0.717, 1.165) is 6.42 Å². The van der Waals surface area contributed by atoms with Gasteiger partial charge in [-0.3, -0.25) is 5.32 Å². The highest BCUT2D eigenvalue weighted by atomic mass is 28.4. The molecule has 0 spiro atoms. The monoisotopic (exact) mass is 277 g/mol. The maximum absolute atomic E-state index is 11.1. The molecule has 18 heavy (non-hydrogen) atoms. The second-order valence-corrected chi connectivity index (χ2v) is 6.85. The van der Waals surface area contributed by atoms with Gasteiger partial charge >= 0.3 is 14.8 Å². The molecule has 0 radical (unpaired) electrons. The molecule has 0 amide bonds. The zero-order chi connectivity index (χ0) is 14.0. The molecule has 0 aliphatic heterocycles. The largest absolute Gasteiger partial charge is 0.500 e. The number of rotatable bonds is 10. The van der Waals surface area contributed by atoms with E-state index in [2.05, 4.69) is 11.9 Å². The molecule has 7 heteroatoms. The first-order valence-corrected chi connectivity index (χ1v) is 7.63. The highest BCUT2D eigenvalue weighted by molar-refractivity contribution is 6.60. The van der Waals surface area contributed by atoms with Crippen LogP contribution in [0.4, 0.5) is 0 Å². The van der Waals surface area contributed by atoms with Crippen LogP contribution in [0.25, 0.3) is 0 Å². The lowest BCUT2D eigenvalue weighted by Gasteiger charge is -2.24. The Kier molecular flexibility index (Phi) is 8.85. The van der Waals surface area contributed by atoms with E-state index >= 15 is 0 Å². The fraction of sp³-hybridized carbons (Fsp3) is 0.727. The minimum atomic E-state index is -2.48. The van der Waals surface area contributed by atoms with Crippen molar-refractivity contribution in [1.82, 2.24) is 5.32 Å². The molecule has 0 aromatic carbocycles. The summed E-state index contributed by atoms with van der Waals surface area (Å²) in [6, 6.07) is 0.706.